The SMILES string of the molecule is CCc1cc2oc(=O)cc(COC(=O)c3cc(OC)c(OC)cc3NC(C)=O)c2cc1Cl. The van der Waals surface area contributed by atoms with E-state index in [0.717, 1.165) is 5.56 Å². The summed E-state index contributed by atoms with van der Waals surface area (Å²) in [6, 6.07) is 7.51. The highest BCUT2D eigenvalue weighted by Gasteiger charge is 2.20. The molecule has 0 saturated carbocycles. The maximum atomic E-state index is 12.9. The van der Waals surface area contributed by atoms with E-state index in [1.165, 1.54) is 39.3 Å². The number of methoxy groups -OCH3 is 2. The number of aryl methyl sites for hydroxylation is 1. The number of ether oxygens (including phenoxy) is 3. The van der Waals surface area contributed by atoms with Gasteiger partial charge >= 0.3 is 11.6 Å². The van der Waals surface area contributed by atoms with Crippen molar-refractivity contribution in [3.8, 4) is 11.5 Å². The van der Waals surface area contributed by atoms with Gasteiger partial charge in [0.1, 0.15) is 12.2 Å². The number of esters is 1. The first-order valence-corrected chi connectivity index (χ1v) is 10.1. The van der Waals surface area contributed by atoms with E-state index < -0.39 is 11.6 Å². The summed E-state index contributed by atoms with van der Waals surface area (Å²) in [5, 5.41) is 3.67. The molecule has 0 aliphatic heterocycles. The Hall–Kier alpha value is -3.52. The van der Waals surface area contributed by atoms with Crippen molar-refractivity contribution in [2.24, 2.45) is 0 Å². The van der Waals surface area contributed by atoms with Gasteiger partial charge in [-0.2, -0.15) is 0 Å². The van der Waals surface area contributed by atoms with Gasteiger partial charge in [0.2, 0.25) is 5.91 Å². The van der Waals surface area contributed by atoms with Gasteiger partial charge in [0.05, 0.1) is 25.5 Å². The van der Waals surface area contributed by atoms with Crippen molar-refractivity contribution in [3.63, 3.8) is 0 Å². The molecular formula is C23H22ClNO7. The Morgan fingerprint density at radius 3 is 2.34 bits per heavy atom. The van der Waals surface area contributed by atoms with Crippen LogP contribution >= 0.6 is 11.6 Å². The van der Waals surface area contributed by atoms with Crippen molar-refractivity contribution in [2.45, 2.75) is 26.9 Å². The van der Waals surface area contributed by atoms with Gasteiger partial charge in [-0.3, -0.25) is 4.79 Å². The molecule has 9 heteroatoms. The second-order valence-electron chi connectivity index (χ2n) is 6.89. The third-order valence-corrected chi connectivity index (χ3v) is 5.14. The summed E-state index contributed by atoms with van der Waals surface area (Å²) in [6.45, 7) is 3.04. The van der Waals surface area contributed by atoms with E-state index in [1.807, 2.05) is 6.92 Å². The lowest BCUT2D eigenvalue weighted by atomic mass is 10.1. The topological polar surface area (TPSA) is 104 Å². The molecule has 3 rings (SSSR count). The van der Waals surface area contributed by atoms with E-state index in [0.29, 0.717) is 39.5 Å². The van der Waals surface area contributed by atoms with E-state index in [4.69, 9.17) is 30.2 Å². The highest BCUT2D eigenvalue weighted by molar-refractivity contribution is 6.32. The molecular weight excluding hydrogens is 438 g/mol. The van der Waals surface area contributed by atoms with Crippen molar-refractivity contribution in [3.05, 3.63) is 62.5 Å². The molecule has 0 aliphatic rings. The van der Waals surface area contributed by atoms with Crippen molar-refractivity contribution < 1.29 is 28.2 Å². The van der Waals surface area contributed by atoms with Gasteiger partial charge in [0.25, 0.3) is 0 Å². The van der Waals surface area contributed by atoms with Crippen molar-refractivity contribution in [1.29, 1.82) is 0 Å². The van der Waals surface area contributed by atoms with Crippen LogP contribution in [-0.4, -0.2) is 26.1 Å². The molecule has 168 valence electrons. The Kier molecular flexibility index (Phi) is 7.05. The predicted molar refractivity (Wildman–Crippen MR) is 120 cm³/mol. The highest BCUT2D eigenvalue weighted by atomic mass is 35.5. The quantitative estimate of drug-likeness (QED) is 0.414. The van der Waals surface area contributed by atoms with Crippen LogP contribution in [0.5, 0.6) is 11.5 Å². The normalized spacial score (nSPS) is 10.7. The minimum atomic E-state index is -0.729. The fourth-order valence-electron chi connectivity index (χ4n) is 3.24. The first kappa shape index (κ1) is 23.1. The molecule has 1 aromatic heterocycles. The van der Waals surface area contributed by atoms with Crippen LogP contribution < -0.4 is 20.4 Å². The first-order chi connectivity index (χ1) is 15.3. The lowest BCUT2D eigenvalue weighted by molar-refractivity contribution is -0.114. The summed E-state index contributed by atoms with van der Waals surface area (Å²) in [5.41, 5.74) is 1.33. The van der Waals surface area contributed by atoms with Crippen LogP contribution in [0, 0.1) is 0 Å². The lowest BCUT2D eigenvalue weighted by Gasteiger charge is -2.15. The fourth-order valence-corrected chi connectivity index (χ4v) is 3.54. The standard InChI is InChI=1S/C23H22ClNO7/c1-5-13-6-19-15(8-17(13)24)14(7-22(27)32-19)11-31-23(28)16-9-20(29-3)21(30-4)10-18(16)25-12(2)26/h6-10H,5,11H2,1-4H3,(H,25,26). The number of carbonyl (C=O) groups excluding carboxylic acids is 2. The highest BCUT2D eigenvalue weighted by Crippen LogP contribution is 2.34. The number of hydrogen-bond donors (Lipinski definition) is 1. The lowest BCUT2D eigenvalue weighted by Crippen LogP contribution is -2.14. The largest absolute Gasteiger partial charge is 0.493 e. The molecule has 0 bridgehead atoms. The van der Waals surface area contributed by atoms with Crippen LogP contribution in [0.4, 0.5) is 5.69 Å². The second-order valence-corrected chi connectivity index (χ2v) is 7.30. The van der Waals surface area contributed by atoms with E-state index >= 15 is 0 Å². The molecule has 2 aromatic carbocycles. The number of anilines is 1. The Balaban J connectivity index is 1.96. The van der Waals surface area contributed by atoms with Crippen LogP contribution in [0.3, 0.4) is 0 Å². The molecule has 0 saturated heterocycles. The van der Waals surface area contributed by atoms with Crippen molar-refractivity contribution in [1.82, 2.24) is 0 Å². The Morgan fingerprint density at radius 2 is 1.72 bits per heavy atom. The summed E-state index contributed by atoms with van der Waals surface area (Å²) >= 11 is 6.31. The van der Waals surface area contributed by atoms with E-state index in [-0.39, 0.29) is 23.8 Å². The van der Waals surface area contributed by atoms with Gasteiger partial charge in [-0.25, -0.2) is 9.59 Å². The van der Waals surface area contributed by atoms with E-state index in [1.54, 1.807) is 12.1 Å². The summed E-state index contributed by atoms with van der Waals surface area (Å²) < 4.78 is 21.2. The van der Waals surface area contributed by atoms with Crippen LogP contribution in [0.25, 0.3) is 11.0 Å². The monoisotopic (exact) mass is 459 g/mol. The molecule has 0 unspecified atom stereocenters. The smallest absolute Gasteiger partial charge is 0.340 e. The molecule has 1 amide bonds. The van der Waals surface area contributed by atoms with Gasteiger partial charge in [-0.1, -0.05) is 18.5 Å². The third-order valence-electron chi connectivity index (χ3n) is 4.79. The minimum Gasteiger partial charge on any atom is -0.493 e. The molecule has 1 N–H and O–H groups in total. The van der Waals surface area contributed by atoms with Crippen LogP contribution in [0.1, 0.15) is 35.3 Å². The molecule has 0 aliphatic carbocycles. The zero-order valence-electron chi connectivity index (χ0n) is 18.0. The molecule has 1 heterocycles. The maximum absolute atomic E-state index is 12.9. The summed E-state index contributed by atoms with van der Waals surface area (Å²) in [7, 11) is 2.86. The molecule has 0 atom stereocenters. The minimum absolute atomic E-state index is 0.0661. The average molecular weight is 460 g/mol. The number of halogens is 1. The van der Waals surface area contributed by atoms with Gasteiger partial charge in [0, 0.05) is 41.1 Å². The Labute approximate surface area is 189 Å². The van der Waals surface area contributed by atoms with Crippen LogP contribution in [-0.2, 0) is 22.6 Å². The Morgan fingerprint density at radius 1 is 1.03 bits per heavy atom. The summed E-state index contributed by atoms with van der Waals surface area (Å²) in [5.74, 6) is -0.481. The number of carbonyl (C=O) groups is 2. The molecule has 0 spiro atoms. The van der Waals surface area contributed by atoms with Crippen molar-refractivity contribution in [2.75, 3.05) is 19.5 Å². The molecule has 0 radical (unpaired) electrons. The zero-order chi connectivity index (χ0) is 23.4. The average Bonchev–Trinajstić information content (AvgIpc) is 2.76. The van der Waals surface area contributed by atoms with Gasteiger partial charge in [0.15, 0.2) is 11.5 Å². The molecule has 3 aromatic rings. The predicted octanol–water partition coefficient (Wildman–Crippen LogP) is 4.34. The third kappa shape index (κ3) is 4.86. The maximum Gasteiger partial charge on any atom is 0.340 e. The van der Waals surface area contributed by atoms with Crippen LogP contribution in [0.15, 0.2) is 39.5 Å². The zero-order valence-corrected chi connectivity index (χ0v) is 18.8. The van der Waals surface area contributed by atoms with E-state index in [2.05, 4.69) is 5.32 Å². The van der Waals surface area contributed by atoms with Gasteiger partial charge in [-0.15, -0.1) is 0 Å². The molecule has 8 nitrogen and oxygen atoms in total. The van der Waals surface area contributed by atoms with Crippen molar-refractivity contribution >= 4 is 40.1 Å². The molecule has 0 fully saturated rings. The molecule has 32 heavy (non-hydrogen) atoms. The van der Waals surface area contributed by atoms with Crippen LogP contribution in [0.2, 0.25) is 5.02 Å². The number of hydrogen-bond acceptors (Lipinski definition) is 7. The number of rotatable bonds is 7. The number of fused-ring (bicyclic) bond motifs is 1. The Bertz CT molecular complexity index is 1250. The number of nitrogens with one attached hydrogen (secondary N) is 1. The fraction of sp³-hybridized carbons (Fsp3) is 0.261. The summed E-state index contributed by atoms with van der Waals surface area (Å²) in [6.07, 6.45) is 0.670. The van der Waals surface area contributed by atoms with Gasteiger partial charge < -0.3 is 23.9 Å². The summed E-state index contributed by atoms with van der Waals surface area (Å²) in [4.78, 5) is 36.5. The number of amides is 1. The van der Waals surface area contributed by atoms with Gasteiger partial charge in [-0.05, 0) is 24.1 Å². The van der Waals surface area contributed by atoms with E-state index in [9.17, 15) is 14.4 Å². The second kappa shape index (κ2) is 9.74. The first-order valence-electron chi connectivity index (χ1n) is 9.73. The number of benzene rings is 2.